The van der Waals surface area contributed by atoms with Crippen LogP contribution in [0, 0.1) is 5.82 Å². The monoisotopic (exact) mass is 223 g/mol. The van der Waals surface area contributed by atoms with Gasteiger partial charge in [-0.05, 0) is 18.2 Å². The van der Waals surface area contributed by atoms with E-state index in [2.05, 4.69) is 0 Å². The van der Waals surface area contributed by atoms with Gasteiger partial charge in [-0.1, -0.05) is 0 Å². The third-order valence-corrected chi connectivity index (χ3v) is 2.17. The van der Waals surface area contributed by atoms with Crippen LogP contribution >= 0.6 is 0 Å². The SMILES string of the molecule is O=C(O)c1[nH]c(=O)c2ccc(F)cc2c1O. The molecular weight excluding hydrogens is 217 g/mol. The number of aromatic hydroxyl groups is 1. The summed E-state index contributed by atoms with van der Waals surface area (Å²) < 4.78 is 12.9. The fraction of sp³-hybridized carbons (Fsp3) is 0. The zero-order chi connectivity index (χ0) is 11.9. The Morgan fingerprint density at radius 3 is 2.62 bits per heavy atom. The molecule has 1 aromatic heterocycles. The van der Waals surface area contributed by atoms with Gasteiger partial charge in [0.1, 0.15) is 5.82 Å². The fourth-order valence-electron chi connectivity index (χ4n) is 1.44. The van der Waals surface area contributed by atoms with Gasteiger partial charge in [0.25, 0.3) is 5.56 Å². The van der Waals surface area contributed by atoms with Crippen LogP contribution in [0.1, 0.15) is 10.5 Å². The second-order valence-corrected chi connectivity index (χ2v) is 3.17. The van der Waals surface area contributed by atoms with Gasteiger partial charge in [0.2, 0.25) is 0 Å². The molecule has 0 radical (unpaired) electrons. The highest BCUT2D eigenvalue weighted by molar-refractivity contribution is 5.97. The first kappa shape index (κ1) is 10.2. The largest absolute Gasteiger partial charge is 0.505 e. The van der Waals surface area contributed by atoms with Gasteiger partial charge in [0.15, 0.2) is 11.4 Å². The van der Waals surface area contributed by atoms with E-state index in [1.165, 1.54) is 6.07 Å². The first-order chi connectivity index (χ1) is 7.50. The lowest BCUT2D eigenvalue weighted by molar-refractivity contribution is 0.0687. The zero-order valence-electron chi connectivity index (χ0n) is 7.82. The molecule has 3 N–H and O–H groups in total. The van der Waals surface area contributed by atoms with Crippen molar-refractivity contribution in [2.75, 3.05) is 0 Å². The summed E-state index contributed by atoms with van der Waals surface area (Å²) in [4.78, 5) is 24.1. The van der Waals surface area contributed by atoms with Crippen molar-refractivity contribution in [1.29, 1.82) is 0 Å². The maximum absolute atomic E-state index is 12.9. The van der Waals surface area contributed by atoms with Gasteiger partial charge >= 0.3 is 5.97 Å². The van der Waals surface area contributed by atoms with Gasteiger partial charge < -0.3 is 15.2 Å². The third kappa shape index (κ3) is 1.40. The van der Waals surface area contributed by atoms with Crippen molar-refractivity contribution in [3.8, 4) is 5.75 Å². The molecule has 0 aliphatic rings. The van der Waals surface area contributed by atoms with Crippen molar-refractivity contribution in [2.24, 2.45) is 0 Å². The Bertz CT molecular complexity index is 647. The van der Waals surface area contributed by atoms with Crippen molar-refractivity contribution in [3.05, 3.63) is 40.1 Å². The summed E-state index contributed by atoms with van der Waals surface area (Å²) in [5, 5.41) is 18.2. The number of fused-ring (bicyclic) bond motifs is 1. The standard InChI is InChI=1S/C10H6FNO4/c11-4-1-2-5-6(3-4)8(13)7(10(15)16)12-9(5)14/h1-3,13H,(H,12,14)(H,15,16). The minimum absolute atomic E-state index is 0.0314. The maximum atomic E-state index is 12.9. The smallest absolute Gasteiger partial charge is 0.356 e. The summed E-state index contributed by atoms with van der Waals surface area (Å²) in [6.07, 6.45) is 0. The van der Waals surface area contributed by atoms with E-state index < -0.39 is 28.8 Å². The van der Waals surface area contributed by atoms with Crippen LogP contribution < -0.4 is 5.56 Å². The highest BCUT2D eigenvalue weighted by atomic mass is 19.1. The van der Waals surface area contributed by atoms with Gasteiger partial charge in [-0.2, -0.15) is 0 Å². The summed E-state index contributed by atoms with van der Waals surface area (Å²) in [7, 11) is 0. The number of rotatable bonds is 1. The number of carbonyl (C=O) groups is 1. The number of carboxylic acids is 1. The number of hydrogen-bond acceptors (Lipinski definition) is 3. The first-order valence-electron chi connectivity index (χ1n) is 4.28. The molecule has 2 aromatic rings. The van der Waals surface area contributed by atoms with Crippen molar-refractivity contribution >= 4 is 16.7 Å². The summed E-state index contributed by atoms with van der Waals surface area (Å²) in [6, 6.07) is 3.14. The lowest BCUT2D eigenvalue weighted by Crippen LogP contribution is -2.13. The third-order valence-electron chi connectivity index (χ3n) is 2.17. The molecule has 1 aromatic carbocycles. The number of benzene rings is 1. The van der Waals surface area contributed by atoms with E-state index in [0.717, 1.165) is 12.1 Å². The molecule has 0 saturated heterocycles. The molecule has 0 unspecified atom stereocenters. The molecule has 0 spiro atoms. The fourth-order valence-corrected chi connectivity index (χ4v) is 1.44. The number of H-pyrrole nitrogens is 1. The normalized spacial score (nSPS) is 10.6. The molecular formula is C10H6FNO4. The van der Waals surface area contributed by atoms with Crippen LogP contribution in [0.15, 0.2) is 23.0 Å². The molecule has 0 bridgehead atoms. The van der Waals surface area contributed by atoms with Gasteiger partial charge in [-0.25, -0.2) is 9.18 Å². The van der Waals surface area contributed by atoms with E-state index in [0.29, 0.717) is 0 Å². The van der Waals surface area contributed by atoms with Crippen LogP contribution in [0.3, 0.4) is 0 Å². The van der Waals surface area contributed by atoms with Crippen molar-refractivity contribution in [3.63, 3.8) is 0 Å². The Morgan fingerprint density at radius 1 is 1.31 bits per heavy atom. The Morgan fingerprint density at radius 2 is 2.00 bits per heavy atom. The van der Waals surface area contributed by atoms with Crippen molar-refractivity contribution in [2.45, 2.75) is 0 Å². The highest BCUT2D eigenvalue weighted by Gasteiger charge is 2.16. The van der Waals surface area contributed by atoms with E-state index in [1.807, 2.05) is 4.98 Å². The summed E-state index contributed by atoms with van der Waals surface area (Å²) in [5.41, 5.74) is -1.34. The number of aromatic amines is 1. The predicted octanol–water partition coefficient (Wildman–Crippen LogP) is 1.07. The van der Waals surface area contributed by atoms with E-state index in [-0.39, 0.29) is 10.8 Å². The number of aromatic carboxylic acids is 1. The average Bonchev–Trinajstić information content (AvgIpc) is 2.22. The maximum Gasteiger partial charge on any atom is 0.356 e. The van der Waals surface area contributed by atoms with Crippen molar-refractivity contribution < 1.29 is 19.4 Å². The Hall–Kier alpha value is -2.37. The van der Waals surface area contributed by atoms with Crippen LogP contribution in [-0.4, -0.2) is 21.2 Å². The number of carboxylic acid groups (broad SMARTS) is 1. The van der Waals surface area contributed by atoms with Crippen LogP contribution in [-0.2, 0) is 0 Å². The Kier molecular flexibility index (Phi) is 2.12. The van der Waals surface area contributed by atoms with E-state index in [9.17, 15) is 19.1 Å². The Balaban J connectivity index is 2.97. The second kappa shape index (κ2) is 3.34. The Labute approximate surface area is 87.8 Å². The minimum atomic E-state index is -1.49. The number of halogens is 1. The van der Waals surface area contributed by atoms with Crippen LogP contribution in [0.2, 0.25) is 0 Å². The van der Waals surface area contributed by atoms with Gasteiger partial charge in [0, 0.05) is 5.39 Å². The molecule has 6 heteroatoms. The molecule has 82 valence electrons. The minimum Gasteiger partial charge on any atom is -0.505 e. The molecule has 0 fully saturated rings. The van der Waals surface area contributed by atoms with E-state index in [4.69, 9.17) is 5.11 Å². The number of aromatic nitrogens is 1. The van der Waals surface area contributed by atoms with E-state index in [1.54, 1.807) is 0 Å². The van der Waals surface area contributed by atoms with E-state index >= 15 is 0 Å². The van der Waals surface area contributed by atoms with Crippen molar-refractivity contribution in [1.82, 2.24) is 4.98 Å². The molecule has 0 aliphatic heterocycles. The highest BCUT2D eigenvalue weighted by Crippen LogP contribution is 2.25. The molecule has 0 aliphatic carbocycles. The number of nitrogens with one attached hydrogen (secondary N) is 1. The van der Waals surface area contributed by atoms with Crippen LogP contribution in [0.25, 0.3) is 10.8 Å². The summed E-state index contributed by atoms with van der Waals surface area (Å²) >= 11 is 0. The molecule has 16 heavy (non-hydrogen) atoms. The second-order valence-electron chi connectivity index (χ2n) is 3.17. The lowest BCUT2D eigenvalue weighted by atomic mass is 10.1. The summed E-state index contributed by atoms with van der Waals surface area (Å²) in [6.45, 7) is 0. The quantitative estimate of drug-likeness (QED) is 0.674. The van der Waals surface area contributed by atoms with Crippen LogP contribution in [0.4, 0.5) is 4.39 Å². The summed E-state index contributed by atoms with van der Waals surface area (Å²) in [5.74, 6) is -2.80. The zero-order valence-corrected chi connectivity index (χ0v) is 7.82. The molecule has 2 rings (SSSR count). The molecule has 1 heterocycles. The van der Waals surface area contributed by atoms with Gasteiger partial charge in [-0.15, -0.1) is 0 Å². The first-order valence-corrected chi connectivity index (χ1v) is 4.28. The lowest BCUT2D eigenvalue weighted by Gasteiger charge is -2.03. The topological polar surface area (TPSA) is 90.4 Å². The number of pyridine rings is 1. The molecule has 0 amide bonds. The molecule has 5 nitrogen and oxygen atoms in total. The van der Waals surface area contributed by atoms with Gasteiger partial charge in [0.05, 0.1) is 5.39 Å². The average molecular weight is 223 g/mol. The number of hydrogen-bond donors (Lipinski definition) is 3. The predicted molar refractivity (Wildman–Crippen MR) is 53.2 cm³/mol. The van der Waals surface area contributed by atoms with Crippen LogP contribution in [0.5, 0.6) is 5.75 Å². The van der Waals surface area contributed by atoms with Gasteiger partial charge in [-0.3, -0.25) is 4.79 Å². The molecule has 0 saturated carbocycles. The molecule has 0 atom stereocenters.